The van der Waals surface area contributed by atoms with Crippen LogP contribution in [0.2, 0.25) is 0 Å². The van der Waals surface area contributed by atoms with E-state index in [-0.39, 0.29) is 18.2 Å². The monoisotopic (exact) mass is 316 g/mol. The quantitative estimate of drug-likeness (QED) is 0.602. The first-order valence-electron chi connectivity index (χ1n) is 7.41. The van der Waals surface area contributed by atoms with E-state index in [1.54, 1.807) is 33.1 Å². The third-order valence-electron chi connectivity index (χ3n) is 3.50. The summed E-state index contributed by atoms with van der Waals surface area (Å²) in [6.45, 7) is 5.25. The number of hydrogen-bond acceptors (Lipinski definition) is 5. The minimum atomic E-state index is -0.383. The van der Waals surface area contributed by atoms with Crippen molar-refractivity contribution in [3.8, 4) is 16.9 Å². The summed E-state index contributed by atoms with van der Waals surface area (Å²) in [7, 11) is 1.59. The molecule has 23 heavy (non-hydrogen) atoms. The van der Waals surface area contributed by atoms with Gasteiger partial charge in [0.15, 0.2) is 5.78 Å². The summed E-state index contributed by atoms with van der Waals surface area (Å²) >= 11 is 0. The Morgan fingerprint density at radius 1 is 1.17 bits per heavy atom. The zero-order valence-corrected chi connectivity index (χ0v) is 13.8. The molecule has 2 rings (SSSR count). The Bertz CT molecular complexity index is 710. The molecular weight excluding hydrogens is 296 g/mol. The molecule has 0 fully saturated rings. The molecule has 0 aliphatic heterocycles. The molecule has 0 N–H and O–H groups in total. The molecule has 122 valence electrons. The van der Waals surface area contributed by atoms with Crippen molar-refractivity contribution in [1.82, 2.24) is 0 Å². The number of methoxy groups -OCH3 is 1. The molecule has 0 saturated heterocycles. The van der Waals surface area contributed by atoms with Crippen molar-refractivity contribution in [3.05, 3.63) is 41.3 Å². The molecule has 2 aromatic rings. The van der Waals surface area contributed by atoms with Crippen LogP contribution in [0.1, 0.15) is 35.7 Å². The van der Waals surface area contributed by atoms with Gasteiger partial charge in [-0.25, -0.2) is 0 Å². The lowest BCUT2D eigenvalue weighted by Crippen LogP contribution is -2.08. The van der Waals surface area contributed by atoms with E-state index >= 15 is 0 Å². The number of hydrogen-bond donors (Lipinski definition) is 0. The number of furan rings is 1. The van der Waals surface area contributed by atoms with Crippen molar-refractivity contribution in [1.29, 1.82) is 0 Å². The SMILES string of the molecule is CCOC(=O)Cc1oc(C)c(C(C)=O)c1-c1ccc(OC)cc1. The summed E-state index contributed by atoms with van der Waals surface area (Å²) in [4.78, 5) is 23.8. The highest BCUT2D eigenvalue weighted by Crippen LogP contribution is 2.34. The van der Waals surface area contributed by atoms with E-state index in [0.717, 1.165) is 5.56 Å². The van der Waals surface area contributed by atoms with E-state index in [1.165, 1.54) is 6.92 Å². The van der Waals surface area contributed by atoms with Crippen molar-refractivity contribution >= 4 is 11.8 Å². The summed E-state index contributed by atoms with van der Waals surface area (Å²) in [5.74, 6) is 1.17. The molecule has 0 aliphatic carbocycles. The molecule has 1 aromatic heterocycles. The summed E-state index contributed by atoms with van der Waals surface area (Å²) in [5, 5.41) is 0. The van der Waals surface area contributed by atoms with Crippen LogP contribution in [0.4, 0.5) is 0 Å². The molecule has 0 spiro atoms. The van der Waals surface area contributed by atoms with E-state index < -0.39 is 0 Å². The van der Waals surface area contributed by atoms with E-state index in [9.17, 15) is 9.59 Å². The van der Waals surface area contributed by atoms with Crippen LogP contribution in [0.5, 0.6) is 5.75 Å². The molecule has 1 heterocycles. The summed E-state index contributed by atoms with van der Waals surface area (Å²) < 4.78 is 15.8. The van der Waals surface area contributed by atoms with E-state index in [1.807, 2.05) is 12.1 Å². The van der Waals surface area contributed by atoms with Crippen molar-refractivity contribution < 1.29 is 23.5 Å². The standard InChI is InChI=1S/C18H20O5/c1-5-22-16(20)10-15-18(17(11(2)19)12(3)23-15)13-6-8-14(21-4)9-7-13/h6-9H,5,10H2,1-4H3. The molecule has 0 bridgehead atoms. The molecular formula is C18H20O5. The van der Waals surface area contributed by atoms with E-state index in [0.29, 0.717) is 35.0 Å². The van der Waals surface area contributed by atoms with Gasteiger partial charge in [-0.15, -0.1) is 0 Å². The second-order valence-electron chi connectivity index (χ2n) is 5.10. The fourth-order valence-corrected chi connectivity index (χ4v) is 2.56. The van der Waals surface area contributed by atoms with Crippen LogP contribution in [0.15, 0.2) is 28.7 Å². The molecule has 0 amide bonds. The molecule has 0 unspecified atom stereocenters. The predicted molar refractivity (Wildman–Crippen MR) is 85.8 cm³/mol. The Kier molecular flexibility index (Phi) is 5.21. The van der Waals surface area contributed by atoms with E-state index in [2.05, 4.69) is 0 Å². The van der Waals surface area contributed by atoms with Crippen LogP contribution < -0.4 is 4.74 Å². The van der Waals surface area contributed by atoms with Gasteiger partial charge in [0.2, 0.25) is 0 Å². The van der Waals surface area contributed by atoms with Gasteiger partial charge in [0.1, 0.15) is 23.7 Å². The topological polar surface area (TPSA) is 65.7 Å². The highest BCUT2D eigenvalue weighted by atomic mass is 16.5. The Balaban J connectivity index is 2.52. The maximum absolute atomic E-state index is 12.0. The van der Waals surface area contributed by atoms with Crippen LogP contribution >= 0.6 is 0 Å². The van der Waals surface area contributed by atoms with Gasteiger partial charge in [-0.2, -0.15) is 0 Å². The van der Waals surface area contributed by atoms with Gasteiger partial charge in [0.25, 0.3) is 0 Å². The Labute approximate surface area is 135 Å². The van der Waals surface area contributed by atoms with Crippen molar-refractivity contribution in [3.63, 3.8) is 0 Å². The number of ketones is 1. The molecule has 5 nitrogen and oxygen atoms in total. The van der Waals surface area contributed by atoms with Crippen LogP contribution in [-0.2, 0) is 16.0 Å². The molecule has 0 atom stereocenters. The molecule has 0 radical (unpaired) electrons. The Hall–Kier alpha value is -2.56. The van der Waals surface area contributed by atoms with Crippen LogP contribution in [0.3, 0.4) is 0 Å². The van der Waals surface area contributed by atoms with Gasteiger partial charge in [-0.05, 0) is 38.5 Å². The minimum Gasteiger partial charge on any atom is -0.497 e. The highest BCUT2D eigenvalue weighted by molar-refractivity contribution is 6.02. The van der Waals surface area contributed by atoms with Crippen molar-refractivity contribution in [2.24, 2.45) is 0 Å². The lowest BCUT2D eigenvalue weighted by molar-refractivity contribution is -0.142. The van der Waals surface area contributed by atoms with Gasteiger partial charge in [0.05, 0.1) is 19.3 Å². The average Bonchev–Trinajstić information content (AvgIpc) is 2.83. The van der Waals surface area contributed by atoms with Crippen LogP contribution in [-0.4, -0.2) is 25.5 Å². The largest absolute Gasteiger partial charge is 0.497 e. The third-order valence-corrected chi connectivity index (χ3v) is 3.50. The second-order valence-corrected chi connectivity index (χ2v) is 5.10. The minimum absolute atomic E-state index is 0.0106. The normalized spacial score (nSPS) is 10.4. The Morgan fingerprint density at radius 2 is 1.83 bits per heavy atom. The zero-order valence-electron chi connectivity index (χ0n) is 13.8. The number of carbonyl (C=O) groups is 2. The average molecular weight is 316 g/mol. The number of aryl methyl sites for hydroxylation is 1. The lowest BCUT2D eigenvalue weighted by atomic mass is 9.97. The number of benzene rings is 1. The summed E-state index contributed by atoms with van der Waals surface area (Å²) in [5.41, 5.74) is 1.94. The van der Waals surface area contributed by atoms with Gasteiger partial charge in [0, 0.05) is 5.56 Å². The van der Waals surface area contributed by atoms with Gasteiger partial charge < -0.3 is 13.9 Å². The molecule has 1 aromatic carbocycles. The first kappa shape index (κ1) is 16.8. The van der Waals surface area contributed by atoms with Crippen molar-refractivity contribution in [2.75, 3.05) is 13.7 Å². The van der Waals surface area contributed by atoms with Gasteiger partial charge in [-0.1, -0.05) is 12.1 Å². The zero-order chi connectivity index (χ0) is 17.0. The predicted octanol–water partition coefficient (Wildman–Crippen LogP) is 3.57. The number of ether oxygens (including phenoxy) is 2. The lowest BCUT2D eigenvalue weighted by Gasteiger charge is -2.06. The molecule has 0 aliphatic rings. The first-order valence-corrected chi connectivity index (χ1v) is 7.41. The fraction of sp³-hybridized carbons (Fsp3) is 0.333. The molecule has 5 heteroatoms. The van der Waals surface area contributed by atoms with Gasteiger partial charge >= 0.3 is 5.97 Å². The third kappa shape index (κ3) is 3.62. The van der Waals surface area contributed by atoms with Crippen LogP contribution in [0.25, 0.3) is 11.1 Å². The smallest absolute Gasteiger partial charge is 0.313 e. The Morgan fingerprint density at radius 3 is 2.35 bits per heavy atom. The van der Waals surface area contributed by atoms with Gasteiger partial charge in [-0.3, -0.25) is 9.59 Å². The second kappa shape index (κ2) is 7.13. The van der Waals surface area contributed by atoms with Crippen LogP contribution in [0, 0.1) is 6.92 Å². The number of Topliss-reactive ketones (excluding diaryl/α,β-unsaturated/α-hetero) is 1. The number of esters is 1. The fourth-order valence-electron chi connectivity index (χ4n) is 2.56. The number of rotatable bonds is 6. The number of carbonyl (C=O) groups excluding carboxylic acids is 2. The molecule has 0 saturated carbocycles. The maximum atomic E-state index is 12.0. The summed E-state index contributed by atoms with van der Waals surface area (Å²) in [6, 6.07) is 7.28. The highest BCUT2D eigenvalue weighted by Gasteiger charge is 2.24. The van der Waals surface area contributed by atoms with Crippen molar-refractivity contribution in [2.45, 2.75) is 27.2 Å². The summed E-state index contributed by atoms with van der Waals surface area (Å²) in [6.07, 6.45) is -0.0106. The first-order chi connectivity index (χ1) is 11.0. The maximum Gasteiger partial charge on any atom is 0.313 e. The van der Waals surface area contributed by atoms with E-state index in [4.69, 9.17) is 13.9 Å².